The van der Waals surface area contributed by atoms with E-state index in [0.717, 1.165) is 0 Å². The lowest BCUT2D eigenvalue weighted by Crippen LogP contribution is -2.56. The zero-order valence-electron chi connectivity index (χ0n) is 13.6. The molecule has 2 aliphatic rings. The van der Waals surface area contributed by atoms with Crippen molar-refractivity contribution in [1.82, 2.24) is 15.1 Å². The van der Waals surface area contributed by atoms with E-state index >= 15 is 0 Å². The Morgan fingerprint density at radius 3 is 2.08 bits per heavy atom. The van der Waals surface area contributed by atoms with Crippen LogP contribution in [-0.4, -0.2) is 65.9 Å². The van der Waals surface area contributed by atoms with E-state index in [2.05, 4.69) is 5.32 Å². The summed E-state index contributed by atoms with van der Waals surface area (Å²) in [4.78, 5) is 39.3. The van der Waals surface area contributed by atoms with E-state index in [9.17, 15) is 23.2 Å². The fourth-order valence-corrected chi connectivity index (χ4v) is 2.94. The van der Waals surface area contributed by atoms with Crippen LogP contribution in [0.25, 0.3) is 0 Å². The van der Waals surface area contributed by atoms with Crippen molar-refractivity contribution in [3.63, 3.8) is 0 Å². The Kier molecular flexibility index (Phi) is 4.96. The maximum Gasteiger partial charge on any atom is 0.312 e. The maximum absolute atomic E-state index is 12.9. The minimum atomic E-state index is -0.901. The summed E-state index contributed by atoms with van der Waals surface area (Å²) in [6.07, 6.45) is -0.404. The predicted molar refractivity (Wildman–Crippen MR) is 84.9 cm³/mol. The second-order valence-electron chi connectivity index (χ2n) is 6.33. The smallest absolute Gasteiger partial charge is 0.312 e. The van der Waals surface area contributed by atoms with Crippen molar-refractivity contribution in [2.45, 2.75) is 25.1 Å². The van der Waals surface area contributed by atoms with Crippen LogP contribution in [0.5, 0.6) is 0 Å². The Hall–Kier alpha value is -2.51. The van der Waals surface area contributed by atoms with Gasteiger partial charge in [-0.1, -0.05) is 0 Å². The molecule has 2 fully saturated rings. The minimum absolute atomic E-state index is 0.236. The van der Waals surface area contributed by atoms with E-state index in [1.165, 1.54) is 29.2 Å². The van der Waals surface area contributed by atoms with Gasteiger partial charge >= 0.3 is 11.8 Å². The van der Waals surface area contributed by atoms with Gasteiger partial charge in [0.1, 0.15) is 12.0 Å². The largest absolute Gasteiger partial charge is 0.345 e. The molecule has 0 aromatic heterocycles. The summed E-state index contributed by atoms with van der Waals surface area (Å²) in [6, 6.07) is 5.01. The fraction of sp³-hybridized carbons (Fsp3) is 0.471. The standard InChI is InChI=1S/C17H19F2N3O3/c18-12-3-1-11(2-4-12)16(24)21-5-7-22(8-6-21)17(25)15(23)20-14-9-13(19)10-14/h1-4,13-14H,5-10H2,(H,20,23). The van der Waals surface area contributed by atoms with E-state index in [1.807, 2.05) is 0 Å². The molecule has 0 spiro atoms. The molecule has 1 aromatic carbocycles. The zero-order valence-corrected chi connectivity index (χ0v) is 13.6. The SMILES string of the molecule is O=C(NC1CC(F)C1)C(=O)N1CCN(C(=O)c2ccc(F)cc2)CC1. The van der Waals surface area contributed by atoms with Gasteiger partial charge in [-0.15, -0.1) is 0 Å². The number of alkyl halides is 1. The van der Waals surface area contributed by atoms with Gasteiger partial charge in [-0.25, -0.2) is 8.78 Å². The predicted octanol–water partition coefficient (Wildman–Crippen LogP) is 0.727. The summed E-state index contributed by atoms with van der Waals surface area (Å²) in [5, 5.41) is 2.52. The van der Waals surface area contributed by atoms with Gasteiger partial charge in [-0.3, -0.25) is 14.4 Å². The monoisotopic (exact) mass is 351 g/mol. The molecule has 1 saturated heterocycles. The topological polar surface area (TPSA) is 69.7 Å². The molecule has 1 heterocycles. The summed E-state index contributed by atoms with van der Waals surface area (Å²) in [5.41, 5.74) is 0.379. The molecular formula is C17H19F2N3O3. The molecule has 1 aliphatic heterocycles. The molecule has 8 heteroatoms. The molecule has 0 bridgehead atoms. The fourth-order valence-electron chi connectivity index (χ4n) is 2.94. The van der Waals surface area contributed by atoms with Crippen LogP contribution in [0.4, 0.5) is 8.78 Å². The van der Waals surface area contributed by atoms with Gasteiger partial charge in [0.15, 0.2) is 0 Å². The summed E-state index contributed by atoms with van der Waals surface area (Å²) >= 11 is 0. The van der Waals surface area contributed by atoms with Crippen LogP contribution < -0.4 is 5.32 Å². The van der Waals surface area contributed by atoms with Gasteiger partial charge in [0, 0.05) is 37.8 Å². The first-order chi connectivity index (χ1) is 11.9. The van der Waals surface area contributed by atoms with Gasteiger partial charge in [0.25, 0.3) is 5.91 Å². The highest BCUT2D eigenvalue weighted by atomic mass is 19.1. The van der Waals surface area contributed by atoms with Crippen molar-refractivity contribution in [2.24, 2.45) is 0 Å². The van der Waals surface area contributed by atoms with Crippen molar-refractivity contribution >= 4 is 17.7 Å². The number of nitrogens with one attached hydrogen (secondary N) is 1. The Labute approximate surface area is 143 Å². The zero-order chi connectivity index (χ0) is 18.0. The highest BCUT2D eigenvalue weighted by Gasteiger charge is 2.34. The van der Waals surface area contributed by atoms with Gasteiger partial charge in [-0.05, 0) is 37.1 Å². The average Bonchev–Trinajstić information content (AvgIpc) is 2.60. The highest BCUT2D eigenvalue weighted by molar-refractivity contribution is 6.35. The van der Waals surface area contributed by atoms with E-state index < -0.39 is 23.8 Å². The summed E-state index contributed by atoms with van der Waals surface area (Å²) in [6.45, 7) is 1.08. The molecular weight excluding hydrogens is 332 g/mol. The van der Waals surface area contributed by atoms with Crippen molar-refractivity contribution in [1.29, 1.82) is 0 Å². The first kappa shape index (κ1) is 17.3. The molecule has 1 aromatic rings. The summed E-state index contributed by atoms with van der Waals surface area (Å²) in [7, 11) is 0. The molecule has 0 radical (unpaired) electrons. The van der Waals surface area contributed by atoms with Gasteiger partial charge < -0.3 is 15.1 Å². The summed E-state index contributed by atoms with van der Waals surface area (Å²) < 4.78 is 25.7. The highest BCUT2D eigenvalue weighted by Crippen LogP contribution is 2.22. The van der Waals surface area contributed by atoms with Crippen LogP contribution in [0.2, 0.25) is 0 Å². The number of carbonyl (C=O) groups excluding carboxylic acids is 3. The van der Waals surface area contributed by atoms with Crippen LogP contribution in [0.15, 0.2) is 24.3 Å². The molecule has 134 valence electrons. The molecule has 3 rings (SSSR count). The number of carbonyl (C=O) groups is 3. The Balaban J connectivity index is 1.49. The number of halogens is 2. The Morgan fingerprint density at radius 1 is 0.960 bits per heavy atom. The second-order valence-corrected chi connectivity index (χ2v) is 6.33. The molecule has 1 saturated carbocycles. The number of rotatable bonds is 2. The average molecular weight is 351 g/mol. The van der Waals surface area contributed by atoms with Crippen LogP contribution in [0.1, 0.15) is 23.2 Å². The molecule has 1 N–H and O–H groups in total. The Morgan fingerprint density at radius 2 is 1.52 bits per heavy atom. The maximum atomic E-state index is 12.9. The minimum Gasteiger partial charge on any atom is -0.345 e. The van der Waals surface area contributed by atoms with Crippen LogP contribution >= 0.6 is 0 Å². The van der Waals surface area contributed by atoms with E-state index in [-0.39, 0.29) is 37.9 Å². The summed E-state index contributed by atoms with van der Waals surface area (Å²) in [5.74, 6) is -2.03. The van der Waals surface area contributed by atoms with Crippen molar-refractivity contribution < 1.29 is 23.2 Å². The molecule has 25 heavy (non-hydrogen) atoms. The molecule has 6 nitrogen and oxygen atoms in total. The molecule has 3 amide bonds. The lowest BCUT2D eigenvalue weighted by Gasteiger charge is -2.35. The number of piperazine rings is 1. The number of benzene rings is 1. The third kappa shape index (κ3) is 3.94. The van der Waals surface area contributed by atoms with Crippen LogP contribution in [0.3, 0.4) is 0 Å². The molecule has 0 unspecified atom stereocenters. The first-order valence-corrected chi connectivity index (χ1v) is 8.22. The number of hydrogen-bond acceptors (Lipinski definition) is 3. The van der Waals surface area contributed by atoms with Crippen molar-refractivity contribution in [3.05, 3.63) is 35.6 Å². The van der Waals surface area contributed by atoms with Crippen LogP contribution in [0, 0.1) is 5.82 Å². The number of hydrogen-bond donors (Lipinski definition) is 1. The molecule has 0 atom stereocenters. The second kappa shape index (κ2) is 7.16. The van der Waals surface area contributed by atoms with Crippen molar-refractivity contribution in [2.75, 3.05) is 26.2 Å². The van der Waals surface area contributed by atoms with Crippen LogP contribution in [-0.2, 0) is 9.59 Å². The number of amides is 3. The van der Waals surface area contributed by atoms with E-state index in [4.69, 9.17) is 0 Å². The lowest BCUT2D eigenvalue weighted by atomic mass is 9.91. The van der Waals surface area contributed by atoms with E-state index in [1.54, 1.807) is 4.90 Å². The normalized spacial score (nSPS) is 23.0. The van der Waals surface area contributed by atoms with Crippen molar-refractivity contribution in [3.8, 4) is 0 Å². The lowest BCUT2D eigenvalue weighted by molar-refractivity contribution is -0.147. The molecule has 1 aliphatic carbocycles. The first-order valence-electron chi connectivity index (χ1n) is 8.22. The third-order valence-corrected chi connectivity index (χ3v) is 4.56. The number of nitrogens with zero attached hydrogens (tertiary/aromatic N) is 2. The van der Waals surface area contributed by atoms with E-state index in [0.29, 0.717) is 18.7 Å². The van der Waals surface area contributed by atoms with Gasteiger partial charge in [0.05, 0.1) is 0 Å². The van der Waals surface area contributed by atoms with Gasteiger partial charge in [-0.2, -0.15) is 0 Å². The Bertz CT molecular complexity index is 666. The quantitative estimate of drug-likeness (QED) is 0.799. The van der Waals surface area contributed by atoms with Gasteiger partial charge in [0.2, 0.25) is 0 Å². The third-order valence-electron chi connectivity index (χ3n) is 4.56.